The number of nitrogens with zero attached hydrogens (tertiary/aromatic N) is 2. The molecule has 0 fully saturated rings. The third-order valence-corrected chi connectivity index (χ3v) is 2.63. The van der Waals surface area contributed by atoms with Crippen molar-refractivity contribution in [3.05, 3.63) is 30.2 Å². The zero-order chi connectivity index (χ0) is 13.7. The molecule has 1 heterocycles. The number of methoxy groups -OCH3 is 1. The van der Waals surface area contributed by atoms with Gasteiger partial charge in [-0.15, -0.1) is 10.2 Å². The van der Waals surface area contributed by atoms with Gasteiger partial charge < -0.3 is 14.5 Å². The Morgan fingerprint density at radius 1 is 1.26 bits per heavy atom. The summed E-state index contributed by atoms with van der Waals surface area (Å²) in [5.41, 5.74) is 0.813. The van der Waals surface area contributed by atoms with Crippen LogP contribution in [0.4, 0.5) is 0 Å². The summed E-state index contributed by atoms with van der Waals surface area (Å²) < 4.78 is 10.9. The molecule has 0 bridgehead atoms. The fraction of sp³-hybridized carbons (Fsp3) is 0.429. The molecule has 2 rings (SSSR count). The Kier molecular flexibility index (Phi) is 4.52. The van der Waals surface area contributed by atoms with Crippen LogP contribution < -0.4 is 10.1 Å². The van der Waals surface area contributed by atoms with Crippen LogP contribution in [0.25, 0.3) is 11.5 Å². The number of hydrogen-bond acceptors (Lipinski definition) is 5. The first-order chi connectivity index (χ1) is 9.20. The van der Waals surface area contributed by atoms with E-state index in [0.29, 0.717) is 24.2 Å². The van der Waals surface area contributed by atoms with Crippen LogP contribution in [0.3, 0.4) is 0 Å². The van der Waals surface area contributed by atoms with E-state index in [-0.39, 0.29) is 0 Å². The first-order valence-electron chi connectivity index (χ1n) is 6.37. The van der Waals surface area contributed by atoms with E-state index in [9.17, 15) is 0 Å². The van der Waals surface area contributed by atoms with Crippen LogP contribution in [0.1, 0.15) is 19.7 Å². The summed E-state index contributed by atoms with van der Waals surface area (Å²) in [7, 11) is 1.63. The van der Waals surface area contributed by atoms with Gasteiger partial charge in [-0.05, 0) is 24.6 Å². The van der Waals surface area contributed by atoms with Gasteiger partial charge in [0.2, 0.25) is 5.89 Å². The van der Waals surface area contributed by atoms with Gasteiger partial charge in [0.25, 0.3) is 5.89 Å². The number of ether oxygens (including phenoxy) is 1. The summed E-state index contributed by atoms with van der Waals surface area (Å²) in [5, 5.41) is 11.4. The molecule has 5 nitrogen and oxygen atoms in total. The van der Waals surface area contributed by atoms with E-state index >= 15 is 0 Å². The van der Waals surface area contributed by atoms with Crippen LogP contribution >= 0.6 is 0 Å². The van der Waals surface area contributed by atoms with E-state index in [1.165, 1.54) is 0 Å². The van der Waals surface area contributed by atoms with Crippen molar-refractivity contribution in [3.63, 3.8) is 0 Å². The summed E-state index contributed by atoms with van der Waals surface area (Å²) in [6.07, 6.45) is 0. The van der Waals surface area contributed by atoms with E-state index in [1.54, 1.807) is 7.11 Å². The van der Waals surface area contributed by atoms with Crippen LogP contribution in [-0.4, -0.2) is 23.9 Å². The van der Waals surface area contributed by atoms with Crippen molar-refractivity contribution in [2.45, 2.75) is 20.4 Å². The maximum atomic E-state index is 5.63. The molecule has 0 unspecified atom stereocenters. The van der Waals surface area contributed by atoms with Crippen LogP contribution in [0, 0.1) is 5.92 Å². The van der Waals surface area contributed by atoms with Crippen LogP contribution in [0.5, 0.6) is 5.75 Å². The molecule has 1 aromatic heterocycles. The Morgan fingerprint density at radius 2 is 2.05 bits per heavy atom. The molecule has 0 aliphatic rings. The van der Waals surface area contributed by atoms with Crippen molar-refractivity contribution in [2.75, 3.05) is 13.7 Å². The third kappa shape index (κ3) is 3.54. The average molecular weight is 261 g/mol. The van der Waals surface area contributed by atoms with Gasteiger partial charge >= 0.3 is 0 Å². The SMILES string of the molecule is COc1ccccc1-c1nnc(CNCC(C)C)o1. The molecule has 5 heteroatoms. The number of para-hydroxylation sites is 1. The molecule has 0 radical (unpaired) electrons. The van der Waals surface area contributed by atoms with E-state index < -0.39 is 0 Å². The van der Waals surface area contributed by atoms with E-state index in [1.807, 2.05) is 24.3 Å². The molecule has 0 saturated heterocycles. The highest BCUT2D eigenvalue weighted by Crippen LogP contribution is 2.28. The minimum absolute atomic E-state index is 0.485. The summed E-state index contributed by atoms with van der Waals surface area (Å²) in [6.45, 7) is 5.81. The Morgan fingerprint density at radius 3 is 2.79 bits per heavy atom. The highest BCUT2D eigenvalue weighted by Gasteiger charge is 2.12. The highest BCUT2D eigenvalue weighted by atomic mass is 16.5. The average Bonchev–Trinajstić information content (AvgIpc) is 2.87. The largest absolute Gasteiger partial charge is 0.496 e. The van der Waals surface area contributed by atoms with Crippen LogP contribution in [-0.2, 0) is 6.54 Å². The molecule has 0 saturated carbocycles. The normalized spacial score (nSPS) is 10.9. The summed E-state index contributed by atoms with van der Waals surface area (Å²) >= 11 is 0. The van der Waals surface area contributed by atoms with Crippen molar-refractivity contribution in [1.82, 2.24) is 15.5 Å². The zero-order valence-electron chi connectivity index (χ0n) is 11.5. The summed E-state index contributed by atoms with van der Waals surface area (Å²) in [5.74, 6) is 2.39. The first kappa shape index (κ1) is 13.5. The Balaban J connectivity index is 2.08. The fourth-order valence-corrected chi connectivity index (χ4v) is 1.72. The second-order valence-corrected chi connectivity index (χ2v) is 4.73. The molecule has 0 spiro atoms. The summed E-state index contributed by atoms with van der Waals surface area (Å²) in [6, 6.07) is 7.59. The number of benzene rings is 1. The number of aromatic nitrogens is 2. The standard InChI is InChI=1S/C14H19N3O2/c1-10(2)8-15-9-13-16-17-14(19-13)11-6-4-5-7-12(11)18-3/h4-7,10,15H,8-9H2,1-3H3. The van der Waals surface area contributed by atoms with Crippen molar-refractivity contribution in [3.8, 4) is 17.2 Å². The minimum Gasteiger partial charge on any atom is -0.496 e. The molecule has 1 aromatic carbocycles. The minimum atomic E-state index is 0.485. The molecule has 102 valence electrons. The molecule has 0 atom stereocenters. The van der Waals surface area contributed by atoms with Crippen molar-refractivity contribution in [1.29, 1.82) is 0 Å². The number of rotatable bonds is 6. The van der Waals surface area contributed by atoms with Gasteiger partial charge in [-0.3, -0.25) is 0 Å². The number of hydrogen-bond donors (Lipinski definition) is 1. The van der Waals surface area contributed by atoms with E-state index in [4.69, 9.17) is 9.15 Å². The zero-order valence-corrected chi connectivity index (χ0v) is 11.5. The lowest BCUT2D eigenvalue weighted by Gasteiger charge is -2.04. The second-order valence-electron chi connectivity index (χ2n) is 4.73. The lowest BCUT2D eigenvalue weighted by atomic mass is 10.2. The van der Waals surface area contributed by atoms with E-state index in [2.05, 4.69) is 29.4 Å². The van der Waals surface area contributed by atoms with Gasteiger partial charge in [0.15, 0.2) is 0 Å². The van der Waals surface area contributed by atoms with Gasteiger partial charge in [-0.1, -0.05) is 26.0 Å². The summed E-state index contributed by atoms with van der Waals surface area (Å²) in [4.78, 5) is 0. The molecule has 0 amide bonds. The Labute approximate surface area is 113 Å². The lowest BCUT2D eigenvalue weighted by molar-refractivity contribution is 0.412. The van der Waals surface area contributed by atoms with Gasteiger partial charge in [0, 0.05) is 0 Å². The molecule has 19 heavy (non-hydrogen) atoms. The Hall–Kier alpha value is -1.88. The topological polar surface area (TPSA) is 60.2 Å². The highest BCUT2D eigenvalue weighted by molar-refractivity contribution is 5.62. The van der Waals surface area contributed by atoms with Crippen molar-refractivity contribution >= 4 is 0 Å². The molecule has 0 aliphatic carbocycles. The van der Waals surface area contributed by atoms with Gasteiger partial charge in [0.05, 0.1) is 19.2 Å². The maximum absolute atomic E-state index is 5.63. The van der Waals surface area contributed by atoms with Gasteiger partial charge in [-0.2, -0.15) is 0 Å². The Bertz CT molecular complexity index is 523. The van der Waals surface area contributed by atoms with E-state index in [0.717, 1.165) is 17.9 Å². The van der Waals surface area contributed by atoms with Crippen LogP contribution in [0.15, 0.2) is 28.7 Å². The monoisotopic (exact) mass is 261 g/mol. The number of nitrogens with one attached hydrogen (secondary N) is 1. The molecule has 2 aromatic rings. The third-order valence-electron chi connectivity index (χ3n) is 2.63. The van der Waals surface area contributed by atoms with Gasteiger partial charge in [0.1, 0.15) is 5.75 Å². The predicted molar refractivity (Wildman–Crippen MR) is 72.8 cm³/mol. The van der Waals surface area contributed by atoms with Crippen molar-refractivity contribution < 1.29 is 9.15 Å². The molecular weight excluding hydrogens is 242 g/mol. The fourth-order valence-electron chi connectivity index (χ4n) is 1.72. The van der Waals surface area contributed by atoms with Crippen molar-refractivity contribution in [2.24, 2.45) is 5.92 Å². The smallest absolute Gasteiger partial charge is 0.251 e. The molecular formula is C14H19N3O2. The first-order valence-corrected chi connectivity index (χ1v) is 6.37. The van der Waals surface area contributed by atoms with Crippen LogP contribution in [0.2, 0.25) is 0 Å². The molecule has 0 aliphatic heterocycles. The molecule has 1 N–H and O–H groups in total. The maximum Gasteiger partial charge on any atom is 0.251 e. The predicted octanol–water partition coefficient (Wildman–Crippen LogP) is 2.49. The lowest BCUT2D eigenvalue weighted by Crippen LogP contribution is -2.19. The second kappa shape index (κ2) is 6.33. The quantitative estimate of drug-likeness (QED) is 0.865. The van der Waals surface area contributed by atoms with Gasteiger partial charge in [-0.25, -0.2) is 0 Å².